The second kappa shape index (κ2) is 8.97. The van der Waals surface area contributed by atoms with E-state index < -0.39 is 5.83 Å². The summed E-state index contributed by atoms with van der Waals surface area (Å²) in [5, 5.41) is 11.3. The van der Waals surface area contributed by atoms with E-state index in [4.69, 9.17) is 5.11 Å². The minimum Gasteiger partial charge on any atom is -0.396 e. The molecule has 0 aromatic carbocycles. The predicted octanol–water partition coefficient (Wildman–Crippen LogP) is 2.14. The van der Waals surface area contributed by atoms with E-state index in [1.54, 1.807) is 18.1 Å². The van der Waals surface area contributed by atoms with E-state index in [9.17, 15) is 4.39 Å². The molecule has 0 aliphatic rings. The van der Waals surface area contributed by atoms with E-state index in [-0.39, 0.29) is 12.3 Å². The number of aliphatic hydroxyl groups is 1. The first-order valence-corrected chi connectivity index (χ1v) is 5.39. The van der Waals surface area contributed by atoms with Gasteiger partial charge in [0, 0.05) is 26.4 Å². The first-order chi connectivity index (χ1) is 7.65. The third kappa shape index (κ3) is 6.24. The largest absolute Gasteiger partial charge is 0.396 e. The predicted molar refractivity (Wildman–Crippen MR) is 65.2 cm³/mol. The molecule has 0 atom stereocenters. The third-order valence-corrected chi connectivity index (χ3v) is 2.18. The zero-order chi connectivity index (χ0) is 12.4. The second-order valence-electron chi connectivity index (χ2n) is 3.41. The van der Waals surface area contributed by atoms with Gasteiger partial charge in [0.2, 0.25) is 0 Å². The summed E-state index contributed by atoms with van der Waals surface area (Å²) in [4.78, 5) is 1.68. The quantitative estimate of drug-likeness (QED) is 0.469. The van der Waals surface area contributed by atoms with Gasteiger partial charge in [0.25, 0.3) is 0 Å². The van der Waals surface area contributed by atoms with Gasteiger partial charge in [-0.05, 0) is 25.5 Å². The van der Waals surface area contributed by atoms with Gasteiger partial charge in [0.05, 0.1) is 5.70 Å². The molecule has 0 saturated heterocycles. The van der Waals surface area contributed by atoms with E-state index in [0.717, 1.165) is 19.3 Å². The van der Waals surface area contributed by atoms with Gasteiger partial charge in [0.1, 0.15) is 0 Å². The summed E-state index contributed by atoms with van der Waals surface area (Å²) in [6.07, 6.45) is 5.53. The van der Waals surface area contributed by atoms with Crippen molar-refractivity contribution in [3.05, 3.63) is 37.1 Å². The Morgan fingerprint density at radius 3 is 2.62 bits per heavy atom. The number of hydrogen-bond donors (Lipinski definition) is 2. The number of unbranched alkanes of at least 4 members (excludes halogenated alkanes) is 2. The molecule has 0 unspecified atom stereocenters. The first-order valence-electron chi connectivity index (χ1n) is 5.39. The summed E-state index contributed by atoms with van der Waals surface area (Å²) < 4.78 is 13.4. The Labute approximate surface area is 97.0 Å². The van der Waals surface area contributed by atoms with Gasteiger partial charge >= 0.3 is 0 Å². The SMILES string of the molecule is C=CN(/C=C(/F)C(=C)NC)CCCCCO. The molecule has 0 radical (unpaired) electrons. The topological polar surface area (TPSA) is 35.5 Å². The van der Waals surface area contributed by atoms with E-state index in [2.05, 4.69) is 18.5 Å². The summed E-state index contributed by atoms with van der Waals surface area (Å²) >= 11 is 0. The fourth-order valence-corrected chi connectivity index (χ4v) is 1.13. The molecule has 0 aliphatic carbocycles. The number of halogens is 1. The molecule has 4 heteroatoms. The van der Waals surface area contributed by atoms with Crippen LogP contribution in [0.25, 0.3) is 0 Å². The molecule has 0 saturated carbocycles. The molecule has 16 heavy (non-hydrogen) atoms. The third-order valence-electron chi connectivity index (χ3n) is 2.18. The van der Waals surface area contributed by atoms with Crippen LogP contribution in [0.5, 0.6) is 0 Å². The lowest BCUT2D eigenvalue weighted by Gasteiger charge is -2.15. The molecule has 0 rings (SSSR count). The van der Waals surface area contributed by atoms with E-state index >= 15 is 0 Å². The van der Waals surface area contributed by atoms with Gasteiger partial charge in [0.15, 0.2) is 5.83 Å². The minimum atomic E-state index is -0.399. The Morgan fingerprint density at radius 2 is 2.12 bits per heavy atom. The minimum absolute atomic E-state index is 0.203. The molecule has 0 spiro atoms. The van der Waals surface area contributed by atoms with E-state index in [1.165, 1.54) is 6.20 Å². The van der Waals surface area contributed by atoms with Gasteiger partial charge in [-0.15, -0.1) is 0 Å². The Kier molecular flexibility index (Phi) is 8.25. The smallest absolute Gasteiger partial charge is 0.161 e. The number of nitrogens with one attached hydrogen (secondary N) is 1. The molecule has 0 aromatic heterocycles. The zero-order valence-corrected chi connectivity index (χ0v) is 9.88. The maximum atomic E-state index is 13.4. The van der Waals surface area contributed by atoms with Crippen LogP contribution in [0.1, 0.15) is 19.3 Å². The van der Waals surface area contributed by atoms with Crippen molar-refractivity contribution in [2.45, 2.75) is 19.3 Å². The fourth-order valence-electron chi connectivity index (χ4n) is 1.13. The summed E-state index contributed by atoms with van der Waals surface area (Å²) in [5.74, 6) is -0.399. The molecule has 0 aliphatic heterocycles. The van der Waals surface area contributed by atoms with E-state index in [0.29, 0.717) is 6.54 Å². The van der Waals surface area contributed by atoms with Crippen molar-refractivity contribution in [2.75, 3.05) is 20.2 Å². The lowest BCUT2D eigenvalue weighted by Crippen LogP contribution is -2.13. The number of aliphatic hydroxyl groups excluding tert-OH is 1. The van der Waals surface area contributed by atoms with Crippen LogP contribution in [-0.4, -0.2) is 30.2 Å². The highest BCUT2D eigenvalue weighted by Gasteiger charge is 2.01. The van der Waals surface area contributed by atoms with Crippen molar-refractivity contribution in [3.8, 4) is 0 Å². The van der Waals surface area contributed by atoms with Crippen molar-refractivity contribution in [1.29, 1.82) is 0 Å². The highest BCUT2D eigenvalue weighted by molar-refractivity contribution is 5.19. The lowest BCUT2D eigenvalue weighted by molar-refractivity contribution is 0.280. The molecule has 0 fully saturated rings. The molecule has 92 valence electrons. The van der Waals surface area contributed by atoms with Crippen LogP contribution in [0.3, 0.4) is 0 Å². The molecule has 0 aromatic rings. The maximum Gasteiger partial charge on any atom is 0.161 e. The number of hydrogen-bond acceptors (Lipinski definition) is 3. The van der Waals surface area contributed by atoms with Crippen LogP contribution in [0, 0.1) is 0 Å². The molecule has 3 nitrogen and oxygen atoms in total. The van der Waals surface area contributed by atoms with E-state index in [1.807, 2.05) is 0 Å². The molecule has 0 amide bonds. The summed E-state index contributed by atoms with van der Waals surface area (Å²) in [6.45, 7) is 8.03. The summed E-state index contributed by atoms with van der Waals surface area (Å²) in [6, 6.07) is 0. The van der Waals surface area contributed by atoms with Crippen LogP contribution in [0.15, 0.2) is 37.1 Å². The lowest BCUT2D eigenvalue weighted by atomic mass is 10.2. The van der Waals surface area contributed by atoms with Crippen LogP contribution in [-0.2, 0) is 0 Å². The standard InChI is InChI=1S/C12H21FN2O/c1-4-15(8-6-5-7-9-16)10-12(13)11(2)14-3/h4,10,14,16H,1-2,5-9H2,3H3/b12-10+. The fraction of sp³-hybridized carbons (Fsp3) is 0.500. The highest BCUT2D eigenvalue weighted by atomic mass is 19.1. The van der Waals surface area contributed by atoms with Crippen molar-refractivity contribution in [1.82, 2.24) is 10.2 Å². The van der Waals surface area contributed by atoms with Crippen LogP contribution in [0.2, 0.25) is 0 Å². The Balaban J connectivity index is 4.08. The number of likely N-dealkylation sites (N-methyl/N-ethyl adjacent to an activating group) is 1. The average molecular weight is 228 g/mol. The average Bonchev–Trinajstić information content (AvgIpc) is 2.31. The Morgan fingerprint density at radius 1 is 1.44 bits per heavy atom. The molecular formula is C12H21FN2O. The first kappa shape index (κ1) is 14.7. The normalized spacial score (nSPS) is 11.1. The van der Waals surface area contributed by atoms with Crippen molar-refractivity contribution < 1.29 is 9.50 Å². The Bertz CT molecular complexity index is 251. The summed E-state index contributed by atoms with van der Waals surface area (Å²) in [5.41, 5.74) is 0.252. The van der Waals surface area contributed by atoms with Crippen LogP contribution < -0.4 is 5.32 Å². The highest BCUT2D eigenvalue weighted by Crippen LogP contribution is 2.09. The van der Waals surface area contributed by atoms with Gasteiger partial charge in [-0.3, -0.25) is 0 Å². The molecule has 2 N–H and O–H groups in total. The second-order valence-corrected chi connectivity index (χ2v) is 3.41. The molecule has 0 bridgehead atoms. The van der Waals surface area contributed by atoms with Crippen molar-refractivity contribution in [3.63, 3.8) is 0 Å². The van der Waals surface area contributed by atoms with Crippen LogP contribution in [0.4, 0.5) is 4.39 Å². The van der Waals surface area contributed by atoms with Gasteiger partial charge in [-0.2, -0.15) is 0 Å². The zero-order valence-electron chi connectivity index (χ0n) is 9.88. The van der Waals surface area contributed by atoms with Gasteiger partial charge in [-0.1, -0.05) is 13.2 Å². The molecule has 0 heterocycles. The van der Waals surface area contributed by atoms with Gasteiger partial charge < -0.3 is 15.3 Å². The van der Waals surface area contributed by atoms with Crippen LogP contribution >= 0.6 is 0 Å². The molecular weight excluding hydrogens is 207 g/mol. The maximum absolute atomic E-state index is 13.4. The number of rotatable bonds is 9. The van der Waals surface area contributed by atoms with Crippen molar-refractivity contribution in [2.24, 2.45) is 0 Å². The Hall–Kier alpha value is -1.29. The number of allylic oxidation sites excluding steroid dienone is 1. The van der Waals surface area contributed by atoms with Gasteiger partial charge in [-0.25, -0.2) is 4.39 Å². The summed E-state index contributed by atoms with van der Waals surface area (Å²) in [7, 11) is 1.62. The monoisotopic (exact) mass is 228 g/mol. The van der Waals surface area contributed by atoms with Crippen molar-refractivity contribution >= 4 is 0 Å². The number of nitrogens with zero attached hydrogens (tertiary/aromatic N) is 1.